The molecule has 0 saturated heterocycles. The van der Waals surface area contributed by atoms with E-state index in [0.717, 1.165) is 19.3 Å². The van der Waals surface area contributed by atoms with Crippen molar-refractivity contribution >= 4 is 6.03 Å². The highest BCUT2D eigenvalue weighted by molar-refractivity contribution is 5.74. The Morgan fingerprint density at radius 3 is 2.57 bits per heavy atom. The summed E-state index contributed by atoms with van der Waals surface area (Å²) in [4.78, 5) is 14.2. The second-order valence-electron chi connectivity index (χ2n) is 6.74. The van der Waals surface area contributed by atoms with Gasteiger partial charge < -0.3 is 20.6 Å². The van der Waals surface area contributed by atoms with E-state index in [1.807, 2.05) is 14.1 Å². The van der Waals surface area contributed by atoms with Crippen LogP contribution < -0.4 is 10.6 Å². The van der Waals surface area contributed by atoms with Crippen LogP contribution in [-0.2, 0) is 5.60 Å². The first-order chi connectivity index (χ1) is 10.8. The van der Waals surface area contributed by atoms with Crippen LogP contribution in [0.5, 0.6) is 0 Å². The molecule has 2 amide bonds. The van der Waals surface area contributed by atoms with E-state index in [4.69, 9.17) is 0 Å². The van der Waals surface area contributed by atoms with Crippen LogP contribution in [-0.4, -0.2) is 48.8 Å². The molecule has 1 fully saturated rings. The summed E-state index contributed by atoms with van der Waals surface area (Å²) in [5, 5.41) is 16.1. The number of hydrogen-bond donors (Lipinski definition) is 3. The summed E-state index contributed by atoms with van der Waals surface area (Å²) in [6, 6.07) is 6.02. The second kappa shape index (κ2) is 7.27. The van der Waals surface area contributed by atoms with Crippen molar-refractivity contribution in [1.82, 2.24) is 15.5 Å². The summed E-state index contributed by atoms with van der Waals surface area (Å²) >= 11 is 0. The first-order valence-electron chi connectivity index (χ1n) is 7.97. The molecule has 2 rings (SSSR count). The highest BCUT2D eigenvalue weighted by atomic mass is 19.1. The fraction of sp³-hybridized carbons (Fsp3) is 0.588. The predicted octanol–water partition coefficient (Wildman–Crippen LogP) is 1.82. The Bertz CT molecular complexity index is 531. The molecule has 0 bridgehead atoms. The Labute approximate surface area is 136 Å². The molecule has 1 aliphatic rings. The quantitative estimate of drug-likeness (QED) is 0.774. The minimum absolute atomic E-state index is 0.0638. The fourth-order valence-electron chi connectivity index (χ4n) is 2.96. The van der Waals surface area contributed by atoms with E-state index in [1.165, 1.54) is 24.3 Å². The van der Waals surface area contributed by atoms with Gasteiger partial charge in [-0.25, -0.2) is 9.18 Å². The van der Waals surface area contributed by atoms with Gasteiger partial charge in [0.15, 0.2) is 0 Å². The van der Waals surface area contributed by atoms with Crippen molar-refractivity contribution in [2.45, 2.75) is 43.9 Å². The van der Waals surface area contributed by atoms with Crippen molar-refractivity contribution < 1.29 is 14.3 Å². The molecule has 5 nitrogen and oxygen atoms in total. The predicted molar refractivity (Wildman–Crippen MR) is 87.6 cm³/mol. The third-order valence-electron chi connectivity index (χ3n) is 4.53. The molecule has 1 saturated carbocycles. The Hall–Kier alpha value is -1.66. The lowest BCUT2D eigenvalue weighted by molar-refractivity contribution is 0.0592. The number of halogens is 1. The van der Waals surface area contributed by atoms with Crippen LogP contribution in [0, 0.1) is 5.82 Å². The smallest absolute Gasteiger partial charge is 0.315 e. The molecule has 1 aromatic carbocycles. The number of rotatable bonds is 5. The number of carbonyl (C=O) groups excluding carboxylic acids is 1. The van der Waals surface area contributed by atoms with Gasteiger partial charge in [0.05, 0.1) is 6.54 Å². The maximum absolute atomic E-state index is 12.9. The molecular weight excluding hydrogens is 297 g/mol. The largest absolute Gasteiger partial charge is 0.384 e. The molecule has 0 aromatic heterocycles. The van der Waals surface area contributed by atoms with Crippen LogP contribution in [0.1, 0.15) is 31.7 Å². The molecular formula is C17H26FN3O2. The van der Waals surface area contributed by atoms with Gasteiger partial charge in [0.2, 0.25) is 0 Å². The van der Waals surface area contributed by atoms with Crippen molar-refractivity contribution in [3.8, 4) is 0 Å². The van der Waals surface area contributed by atoms with Crippen LogP contribution >= 0.6 is 0 Å². The summed E-state index contributed by atoms with van der Waals surface area (Å²) in [5.41, 5.74) is -0.680. The van der Waals surface area contributed by atoms with E-state index in [0.29, 0.717) is 11.6 Å². The number of amides is 2. The number of benzene rings is 1. The van der Waals surface area contributed by atoms with E-state index in [9.17, 15) is 14.3 Å². The molecule has 1 aromatic rings. The zero-order valence-electron chi connectivity index (χ0n) is 14.0. The molecule has 0 spiro atoms. The maximum atomic E-state index is 12.9. The van der Waals surface area contributed by atoms with Gasteiger partial charge in [0.1, 0.15) is 11.4 Å². The first kappa shape index (κ1) is 17.7. The van der Waals surface area contributed by atoms with Gasteiger partial charge in [-0.1, -0.05) is 12.1 Å². The number of urea groups is 1. The van der Waals surface area contributed by atoms with E-state index in [1.54, 1.807) is 6.92 Å². The number of nitrogens with zero attached hydrogens (tertiary/aromatic N) is 1. The molecule has 6 heteroatoms. The van der Waals surface area contributed by atoms with Crippen LogP contribution in [0.3, 0.4) is 0 Å². The van der Waals surface area contributed by atoms with E-state index < -0.39 is 5.60 Å². The zero-order chi connectivity index (χ0) is 17.0. The Kier molecular flexibility index (Phi) is 5.59. The molecule has 23 heavy (non-hydrogen) atoms. The Morgan fingerprint density at radius 1 is 1.35 bits per heavy atom. The molecule has 1 aliphatic carbocycles. The monoisotopic (exact) mass is 323 g/mol. The lowest BCUT2D eigenvalue weighted by Gasteiger charge is -2.25. The first-order valence-corrected chi connectivity index (χ1v) is 7.97. The summed E-state index contributed by atoms with van der Waals surface area (Å²) < 4.78 is 12.9. The van der Waals surface area contributed by atoms with Gasteiger partial charge in [0, 0.05) is 12.1 Å². The summed E-state index contributed by atoms with van der Waals surface area (Å²) in [7, 11) is 4.10. The number of aliphatic hydroxyl groups is 1. The van der Waals surface area contributed by atoms with E-state index in [2.05, 4.69) is 15.5 Å². The summed E-state index contributed by atoms with van der Waals surface area (Å²) in [6.45, 7) is 1.66. The van der Waals surface area contributed by atoms with Crippen LogP contribution in [0.2, 0.25) is 0 Å². The number of carbonyl (C=O) groups is 1. The molecule has 3 atom stereocenters. The molecule has 3 N–H and O–H groups in total. The molecule has 128 valence electrons. The fourth-order valence-corrected chi connectivity index (χ4v) is 2.96. The molecule has 0 heterocycles. The number of nitrogens with one attached hydrogen (secondary N) is 2. The summed E-state index contributed by atoms with van der Waals surface area (Å²) in [5.74, 6) is -0.355. The van der Waals surface area contributed by atoms with Gasteiger partial charge in [-0.2, -0.15) is 0 Å². The molecule has 0 radical (unpaired) electrons. The van der Waals surface area contributed by atoms with Crippen molar-refractivity contribution in [2.24, 2.45) is 0 Å². The third kappa shape index (κ3) is 4.91. The summed E-state index contributed by atoms with van der Waals surface area (Å²) in [6.07, 6.45) is 2.98. The average molecular weight is 323 g/mol. The van der Waals surface area contributed by atoms with Gasteiger partial charge in [0.25, 0.3) is 0 Å². The van der Waals surface area contributed by atoms with Crippen molar-refractivity contribution in [2.75, 3.05) is 20.6 Å². The van der Waals surface area contributed by atoms with Crippen molar-refractivity contribution in [3.63, 3.8) is 0 Å². The van der Waals surface area contributed by atoms with Gasteiger partial charge >= 0.3 is 6.03 Å². The topological polar surface area (TPSA) is 64.6 Å². The number of hydrogen-bond acceptors (Lipinski definition) is 3. The Morgan fingerprint density at radius 2 is 2.00 bits per heavy atom. The van der Waals surface area contributed by atoms with Crippen molar-refractivity contribution in [1.29, 1.82) is 0 Å². The lowest BCUT2D eigenvalue weighted by atomic mass is 9.96. The van der Waals surface area contributed by atoms with Gasteiger partial charge in [-0.05, 0) is 58.0 Å². The SMILES string of the molecule is CN(C)C1CCC(NC(=O)NCC(C)(O)c2ccc(F)cc2)C1. The van der Waals surface area contributed by atoms with E-state index in [-0.39, 0.29) is 24.4 Å². The van der Waals surface area contributed by atoms with Crippen molar-refractivity contribution in [3.05, 3.63) is 35.6 Å². The standard InChI is InChI=1S/C17H26FN3O2/c1-17(23,12-4-6-13(18)7-5-12)11-19-16(22)20-14-8-9-15(10-14)21(2)3/h4-7,14-15,23H,8-11H2,1-3H3,(H2,19,20,22). The minimum atomic E-state index is -1.24. The van der Waals surface area contributed by atoms with Crippen LogP contribution in [0.15, 0.2) is 24.3 Å². The second-order valence-corrected chi connectivity index (χ2v) is 6.74. The normalized spacial score (nSPS) is 23.6. The maximum Gasteiger partial charge on any atom is 0.315 e. The zero-order valence-corrected chi connectivity index (χ0v) is 14.0. The average Bonchev–Trinajstić information content (AvgIpc) is 2.94. The van der Waals surface area contributed by atoms with Gasteiger partial charge in [-0.3, -0.25) is 0 Å². The minimum Gasteiger partial charge on any atom is -0.384 e. The van der Waals surface area contributed by atoms with Crippen LogP contribution in [0.4, 0.5) is 9.18 Å². The molecule has 3 unspecified atom stereocenters. The third-order valence-corrected chi connectivity index (χ3v) is 4.53. The molecule has 0 aliphatic heterocycles. The van der Waals surface area contributed by atoms with Crippen LogP contribution in [0.25, 0.3) is 0 Å². The highest BCUT2D eigenvalue weighted by Gasteiger charge is 2.28. The van der Waals surface area contributed by atoms with Gasteiger partial charge in [-0.15, -0.1) is 0 Å². The lowest BCUT2D eigenvalue weighted by Crippen LogP contribution is -2.46. The highest BCUT2D eigenvalue weighted by Crippen LogP contribution is 2.22. The Balaban J connectivity index is 1.81. The van der Waals surface area contributed by atoms with E-state index >= 15 is 0 Å².